The zero-order chi connectivity index (χ0) is 65.3. The number of carbonyl (C=O) groups is 1. The molecule has 2 aromatic heterocycles. The van der Waals surface area contributed by atoms with Gasteiger partial charge in [0, 0.05) is 20.9 Å². The Kier molecular flexibility index (Phi) is 26.0. The van der Waals surface area contributed by atoms with Gasteiger partial charge in [0.2, 0.25) is 5.88 Å². The van der Waals surface area contributed by atoms with Crippen LogP contribution in [0.1, 0.15) is 57.4 Å². The molecule has 38 heteroatoms. The lowest BCUT2D eigenvalue weighted by molar-refractivity contribution is 0.100. The number of amides is 1. The zero-order valence-electron chi connectivity index (χ0n) is 46.3. The monoisotopic (exact) mass is 1370 g/mol. The maximum absolute atomic E-state index is 12.9. The first kappa shape index (κ1) is 71.2. The quantitative estimate of drug-likeness (QED) is 0.0134. The number of aromatic nitrogens is 2. The van der Waals surface area contributed by atoms with Gasteiger partial charge >= 0.3 is 21.2 Å². The minimum atomic E-state index is -4.35. The number of aliphatic hydroxyl groups is 1. The number of hydrogen-bond donors (Lipinski definition) is 6. The molecule has 0 atom stereocenters. The van der Waals surface area contributed by atoms with Crippen LogP contribution in [0, 0.1) is 27.7 Å². The maximum Gasteiger partial charge on any atom is 0.425 e. The summed E-state index contributed by atoms with van der Waals surface area (Å²) < 4.78 is 155. The van der Waals surface area contributed by atoms with Gasteiger partial charge in [-0.15, -0.1) is 69.2 Å². The molecule has 470 valence electrons. The van der Waals surface area contributed by atoms with Crippen LogP contribution in [-0.2, 0) is 58.2 Å². The highest BCUT2D eigenvalue weighted by molar-refractivity contribution is 7.99. The van der Waals surface area contributed by atoms with E-state index in [1.807, 2.05) is 6.92 Å². The average Bonchev–Trinajstić information content (AvgIpc) is 3.61. The minimum absolute atomic E-state index is 0.0215. The molecule has 0 spiro atoms. The molecule has 7 N–H and O–H groups in total. The van der Waals surface area contributed by atoms with E-state index in [0.717, 1.165) is 0 Å². The smallest absolute Gasteiger partial charge is 0.425 e. The molecule has 0 aliphatic heterocycles. The number of halogens is 1. The SMILES string of the molecule is Cc1cc(N=Nc2cc(SCCCS(=O)(=O)O)c(N=Nc3cc(OCCCS(=O)(=O)O)c(N=Nc4c(C)c(C(N)=O)c5nc6ccc(CO)cc6n5c4O)cc3C)cc2C)c(SCCCS(=O)(=O)O)cc1N=Nc1ccc(Cl)cc1.O=S(=O)=O.O=S(=O)=O. The van der Waals surface area contributed by atoms with Gasteiger partial charge in [-0.25, -0.2) is 4.98 Å². The van der Waals surface area contributed by atoms with Crippen molar-refractivity contribution in [2.75, 3.05) is 35.4 Å². The lowest BCUT2D eigenvalue weighted by atomic mass is 10.1. The van der Waals surface area contributed by atoms with Gasteiger partial charge in [-0.05, 0) is 153 Å². The Bertz CT molecular complexity index is 4460. The van der Waals surface area contributed by atoms with Crippen molar-refractivity contribution in [2.45, 2.75) is 63.4 Å². The summed E-state index contributed by atoms with van der Waals surface area (Å²) in [5.41, 5.74) is 11.3. The summed E-state index contributed by atoms with van der Waals surface area (Å²) in [6.45, 7) is 6.20. The summed E-state index contributed by atoms with van der Waals surface area (Å²) in [7, 11) is -19.0. The third-order valence-electron chi connectivity index (χ3n) is 11.7. The molecule has 0 fully saturated rings. The van der Waals surface area contributed by atoms with Crippen LogP contribution in [0.3, 0.4) is 0 Å². The van der Waals surface area contributed by atoms with Crippen LogP contribution in [0.15, 0.2) is 130 Å². The van der Waals surface area contributed by atoms with E-state index in [-0.39, 0.29) is 83.6 Å². The van der Waals surface area contributed by atoms with Crippen molar-refractivity contribution in [2.24, 2.45) is 46.6 Å². The first-order valence-corrected chi connectivity index (χ1v) is 34.1. The summed E-state index contributed by atoms with van der Waals surface area (Å²) in [6.07, 6.45) is 0.0594. The highest BCUT2D eigenvalue weighted by atomic mass is 35.5. The van der Waals surface area contributed by atoms with Crippen molar-refractivity contribution in [1.82, 2.24) is 9.38 Å². The number of pyridine rings is 1. The van der Waals surface area contributed by atoms with E-state index in [0.29, 0.717) is 76.5 Å². The fourth-order valence-corrected chi connectivity index (χ4v) is 11.6. The average molecular weight is 1370 g/mol. The molecule has 0 aliphatic rings. The van der Waals surface area contributed by atoms with Gasteiger partial charge in [0.05, 0.1) is 81.2 Å². The van der Waals surface area contributed by atoms with Crippen molar-refractivity contribution in [3.63, 3.8) is 0 Å². The molecule has 0 bridgehead atoms. The van der Waals surface area contributed by atoms with E-state index in [2.05, 4.69) is 45.9 Å². The number of hydrogen-bond acceptors (Lipinski definition) is 27. The van der Waals surface area contributed by atoms with Crippen molar-refractivity contribution < 1.29 is 83.9 Å². The molecule has 0 saturated heterocycles. The van der Waals surface area contributed by atoms with E-state index < -0.39 is 80.6 Å². The largest absolute Gasteiger partial charge is 0.493 e. The first-order chi connectivity index (χ1) is 41.2. The lowest BCUT2D eigenvalue weighted by Gasteiger charge is -2.13. The number of aliphatic hydroxyl groups excluding tert-OH is 1. The number of thioether (sulfide) groups is 2. The van der Waals surface area contributed by atoms with Crippen LogP contribution in [0.25, 0.3) is 16.7 Å². The number of aryl methyl sites for hydroxylation is 3. The molecule has 0 unspecified atom stereocenters. The predicted octanol–water partition coefficient (Wildman–Crippen LogP) is 10.7. The molecule has 7 aromatic rings. The van der Waals surface area contributed by atoms with Crippen LogP contribution in [0.4, 0.5) is 45.5 Å². The van der Waals surface area contributed by atoms with E-state index >= 15 is 0 Å². The van der Waals surface area contributed by atoms with Crippen LogP contribution < -0.4 is 10.5 Å². The fourth-order valence-electron chi connectivity index (χ4n) is 7.68. The van der Waals surface area contributed by atoms with Gasteiger partial charge in [0.25, 0.3) is 36.3 Å². The molecule has 2 heterocycles. The van der Waals surface area contributed by atoms with Gasteiger partial charge in [-0.3, -0.25) is 22.9 Å². The van der Waals surface area contributed by atoms with Gasteiger partial charge in [0.15, 0.2) is 5.65 Å². The summed E-state index contributed by atoms with van der Waals surface area (Å²) in [4.78, 5) is 18.5. The number of primary amides is 1. The number of azo groups is 4. The Labute approximate surface area is 518 Å². The first-order valence-electron chi connectivity index (χ1n) is 24.9. The highest BCUT2D eigenvalue weighted by Crippen LogP contribution is 2.44. The topological polar surface area (TPSA) is 474 Å². The molecule has 0 saturated carbocycles. The number of nitrogens with zero attached hydrogens (tertiary/aromatic N) is 10. The number of ether oxygens (including phenoxy) is 1. The van der Waals surface area contributed by atoms with E-state index in [4.69, 9.17) is 47.3 Å². The normalized spacial score (nSPS) is 12.1. The van der Waals surface area contributed by atoms with E-state index in [1.54, 1.807) is 80.6 Å². The van der Waals surface area contributed by atoms with Gasteiger partial charge in [0.1, 0.15) is 17.1 Å². The second kappa shape index (κ2) is 32.1. The van der Waals surface area contributed by atoms with Gasteiger partial charge in [-0.2, -0.15) is 45.7 Å². The number of rotatable bonds is 25. The number of nitrogens with two attached hydrogens (primary N) is 1. The molecule has 0 aliphatic carbocycles. The van der Waals surface area contributed by atoms with Crippen molar-refractivity contribution in [3.05, 3.63) is 117 Å². The third-order valence-corrected chi connectivity index (χ3v) is 16.6. The third kappa shape index (κ3) is 22.2. The molecular weight excluding hydrogens is 1320 g/mol. The summed E-state index contributed by atoms with van der Waals surface area (Å²) >= 11 is 8.52. The van der Waals surface area contributed by atoms with Crippen LogP contribution >= 0.6 is 35.1 Å². The fraction of sp³-hybridized carbons (Fsp3) is 0.280. The molecule has 30 nitrogen and oxygen atoms in total. The molecule has 5 aromatic carbocycles. The van der Waals surface area contributed by atoms with Crippen molar-refractivity contribution in [3.8, 4) is 11.6 Å². The van der Waals surface area contributed by atoms with Crippen LogP contribution in [0.5, 0.6) is 11.6 Å². The Morgan fingerprint density at radius 3 is 1.53 bits per heavy atom. The van der Waals surface area contributed by atoms with Crippen LogP contribution in [-0.4, -0.2) is 125 Å². The summed E-state index contributed by atoms with van der Waals surface area (Å²) in [6, 6.07) is 21.5. The molecule has 88 heavy (non-hydrogen) atoms. The number of imidazole rings is 1. The molecule has 7 rings (SSSR count). The molecule has 1 amide bonds. The Morgan fingerprint density at radius 1 is 0.614 bits per heavy atom. The second-order valence-corrected chi connectivity index (χ2v) is 26.5. The number of carbonyl (C=O) groups excluding carboxylic acids is 1. The number of benzene rings is 5. The van der Waals surface area contributed by atoms with Crippen molar-refractivity contribution >= 4 is 155 Å². The zero-order valence-corrected chi connectivity index (χ0v) is 52.8. The Morgan fingerprint density at radius 2 is 1.06 bits per heavy atom. The summed E-state index contributed by atoms with van der Waals surface area (Å²) in [5.74, 6) is -2.37. The molecule has 0 radical (unpaired) electrons. The predicted molar refractivity (Wildman–Crippen MR) is 325 cm³/mol. The number of fused-ring (bicyclic) bond motifs is 3. The molecular formula is C50H52ClN11O19S7. The van der Waals surface area contributed by atoms with Gasteiger partial charge < -0.3 is 20.7 Å². The maximum atomic E-state index is 12.9. The van der Waals surface area contributed by atoms with E-state index in [9.17, 15) is 53.9 Å². The minimum Gasteiger partial charge on any atom is -0.493 e. The number of aromatic hydroxyl groups is 1. The lowest BCUT2D eigenvalue weighted by Crippen LogP contribution is -2.15. The van der Waals surface area contributed by atoms with Crippen molar-refractivity contribution in [1.29, 1.82) is 0 Å². The van der Waals surface area contributed by atoms with Gasteiger partial charge in [-0.1, -0.05) is 17.7 Å². The second-order valence-electron chi connectivity index (χ2n) is 18.3. The Balaban J connectivity index is 0.00000166. The standard InChI is InChI=1S/C50H52ClN11O13S5.2O3S/c1-28-20-39(58-61-47-31(4)46(48(52)64)49-53-35-13-8-32(27-63)23-42(35)62(49)50(47)65)43(75-14-5-17-78(66,67)68)24-36(28)56-59-40-22-30(3)38(26-45(40)77-16-7-19-80(72,73)74)57-60-41-21-29(2)37(55-54-34-11-9-33(51)10-12-34)25-44(41)76-15-6-18-79(69,70)71;2*1-4(2)3/h8-13,20-26,63,65H,5-7,14-19,27H2,1-4H3,(H2,52,64)(H,66,67,68)(H,69,70,71)(H,72,73,74);;. The Hall–Kier alpha value is -7.56. The van der Waals surface area contributed by atoms with Crippen LogP contribution in [0.2, 0.25) is 5.02 Å². The van der Waals surface area contributed by atoms with E-state index in [1.165, 1.54) is 47.0 Å². The highest BCUT2D eigenvalue weighted by Gasteiger charge is 2.24. The summed E-state index contributed by atoms with van der Waals surface area (Å²) in [5, 5.41) is 57.8.